The molecule has 0 aromatic heterocycles. The minimum atomic E-state index is 0.400. The number of nitrogens with two attached hydrogens (primary N) is 1. The lowest BCUT2D eigenvalue weighted by Crippen LogP contribution is -2.28. The van der Waals surface area contributed by atoms with E-state index in [-0.39, 0.29) is 0 Å². The summed E-state index contributed by atoms with van der Waals surface area (Å²) in [6.07, 6.45) is 5.51. The first-order chi connectivity index (χ1) is 10.3. The Morgan fingerprint density at radius 1 is 1.29 bits per heavy atom. The maximum atomic E-state index is 5.53. The Morgan fingerprint density at radius 2 is 2.10 bits per heavy atom. The fraction of sp³-hybridized carbons (Fsp3) is 0.556. The van der Waals surface area contributed by atoms with Gasteiger partial charge in [-0.15, -0.1) is 0 Å². The third-order valence-corrected chi connectivity index (χ3v) is 4.24. The number of ether oxygens (including phenoxy) is 1. The second-order valence-electron chi connectivity index (χ2n) is 6.14. The Kier molecular flexibility index (Phi) is 4.48. The van der Waals surface area contributed by atoms with E-state index in [2.05, 4.69) is 22.8 Å². The molecule has 0 amide bonds. The Balaban J connectivity index is 1.77. The number of hydrogen-bond donors (Lipinski definition) is 1. The summed E-state index contributed by atoms with van der Waals surface area (Å²) in [6.45, 7) is 2.62. The Morgan fingerprint density at radius 3 is 2.71 bits per heavy atom. The van der Waals surface area contributed by atoms with Gasteiger partial charge in [-0.2, -0.15) is 0 Å². The molecule has 0 bridgehead atoms. The van der Waals surface area contributed by atoms with Crippen LogP contribution in [0.15, 0.2) is 18.2 Å². The molecule has 112 valence electrons. The van der Waals surface area contributed by atoms with Crippen molar-refractivity contribution in [3.05, 3.63) is 29.3 Å². The van der Waals surface area contributed by atoms with Gasteiger partial charge in [-0.3, -0.25) is 4.90 Å². The van der Waals surface area contributed by atoms with Crippen LogP contribution in [0.25, 0.3) is 0 Å². The van der Waals surface area contributed by atoms with Gasteiger partial charge in [-0.1, -0.05) is 11.8 Å². The van der Waals surface area contributed by atoms with E-state index in [9.17, 15) is 0 Å². The fourth-order valence-corrected chi connectivity index (χ4v) is 2.77. The summed E-state index contributed by atoms with van der Waals surface area (Å²) < 4.78 is 5.53. The first-order valence-corrected chi connectivity index (χ1v) is 7.90. The largest absolute Gasteiger partial charge is 0.496 e. The van der Waals surface area contributed by atoms with Crippen LogP contribution < -0.4 is 10.5 Å². The second kappa shape index (κ2) is 6.51. The van der Waals surface area contributed by atoms with Gasteiger partial charge in [0.25, 0.3) is 0 Å². The summed E-state index contributed by atoms with van der Waals surface area (Å²) >= 11 is 0. The molecule has 2 aliphatic carbocycles. The minimum Gasteiger partial charge on any atom is -0.496 e. The molecule has 2 aliphatic rings. The third-order valence-electron chi connectivity index (χ3n) is 4.24. The monoisotopic (exact) mass is 284 g/mol. The van der Waals surface area contributed by atoms with E-state index in [1.165, 1.54) is 37.8 Å². The number of rotatable bonds is 6. The van der Waals surface area contributed by atoms with Crippen molar-refractivity contribution in [1.82, 2.24) is 4.90 Å². The quantitative estimate of drug-likeness (QED) is 0.815. The van der Waals surface area contributed by atoms with Crippen molar-refractivity contribution in [2.45, 2.75) is 38.3 Å². The molecule has 1 aromatic rings. The first kappa shape index (κ1) is 14.4. The zero-order valence-electron chi connectivity index (χ0n) is 12.8. The van der Waals surface area contributed by atoms with Crippen LogP contribution >= 0.6 is 0 Å². The van der Waals surface area contributed by atoms with Gasteiger partial charge in [0, 0.05) is 30.3 Å². The van der Waals surface area contributed by atoms with Gasteiger partial charge in [-0.25, -0.2) is 0 Å². The molecule has 21 heavy (non-hydrogen) atoms. The van der Waals surface area contributed by atoms with Crippen molar-refractivity contribution in [1.29, 1.82) is 0 Å². The maximum Gasteiger partial charge on any atom is 0.123 e. The van der Waals surface area contributed by atoms with Gasteiger partial charge < -0.3 is 10.5 Å². The molecule has 2 fully saturated rings. The summed E-state index contributed by atoms with van der Waals surface area (Å²) in [7, 11) is 1.74. The molecule has 0 heterocycles. The summed E-state index contributed by atoms with van der Waals surface area (Å²) in [5.74, 6) is 7.94. The third kappa shape index (κ3) is 4.00. The van der Waals surface area contributed by atoms with Crippen LogP contribution in [0.5, 0.6) is 5.75 Å². The van der Waals surface area contributed by atoms with Crippen LogP contribution in [0.4, 0.5) is 0 Å². The Bertz CT molecular complexity index is 550. The highest BCUT2D eigenvalue weighted by Crippen LogP contribution is 2.36. The summed E-state index contributed by atoms with van der Waals surface area (Å²) in [5, 5.41) is 0. The first-order valence-electron chi connectivity index (χ1n) is 7.90. The molecule has 0 aliphatic heterocycles. The van der Waals surface area contributed by atoms with E-state index in [4.69, 9.17) is 10.5 Å². The number of nitrogens with zero attached hydrogens (tertiary/aromatic N) is 1. The second-order valence-corrected chi connectivity index (χ2v) is 6.14. The molecule has 0 saturated heterocycles. The average molecular weight is 284 g/mol. The molecular formula is C18H24N2O. The molecule has 3 nitrogen and oxygen atoms in total. The number of benzene rings is 1. The molecule has 2 N–H and O–H groups in total. The topological polar surface area (TPSA) is 38.5 Å². The van der Waals surface area contributed by atoms with E-state index in [1.54, 1.807) is 7.11 Å². The molecule has 0 radical (unpaired) electrons. The van der Waals surface area contributed by atoms with Gasteiger partial charge in [0.1, 0.15) is 5.75 Å². The van der Waals surface area contributed by atoms with Gasteiger partial charge in [0.15, 0.2) is 0 Å². The van der Waals surface area contributed by atoms with Crippen LogP contribution in [-0.2, 0) is 6.54 Å². The van der Waals surface area contributed by atoms with Crippen LogP contribution in [0.1, 0.15) is 36.8 Å². The highest BCUT2D eigenvalue weighted by Gasteiger charge is 2.33. The van der Waals surface area contributed by atoms with E-state index >= 15 is 0 Å². The van der Waals surface area contributed by atoms with Crippen molar-refractivity contribution in [2.24, 2.45) is 11.7 Å². The van der Waals surface area contributed by atoms with Gasteiger partial charge in [0.05, 0.1) is 13.7 Å². The lowest BCUT2D eigenvalue weighted by molar-refractivity contribution is 0.240. The molecule has 0 unspecified atom stereocenters. The van der Waals surface area contributed by atoms with E-state index in [0.717, 1.165) is 29.8 Å². The Labute approximate surface area is 127 Å². The standard InChI is InChI=1S/C18H24N2O/c1-21-18-9-6-14(3-2-10-19)11-16(18)13-20(17-7-8-17)12-15-4-5-15/h6,9,11,15,17H,4-5,7-8,10,12-13,19H2,1H3. The highest BCUT2D eigenvalue weighted by molar-refractivity contribution is 5.44. The zero-order chi connectivity index (χ0) is 14.7. The molecule has 0 spiro atoms. The van der Waals surface area contributed by atoms with E-state index in [0.29, 0.717) is 6.54 Å². The van der Waals surface area contributed by atoms with Gasteiger partial charge in [0.2, 0.25) is 0 Å². The molecule has 2 saturated carbocycles. The van der Waals surface area contributed by atoms with Crippen molar-refractivity contribution in [3.8, 4) is 17.6 Å². The molecule has 3 heteroatoms. The summed E-state index contributed by atoms with van der Waals surface area (Å²) in [4.78, 5) is 2.63. The van der Waals surface area contributed by atoms with Crippen molar-refractivity contribution < 1.29 is 4.74 Å². The van der Waals surface area contributed by atoms with Crippen LogP contribution in [0, 0.1) is 17.8 Å². The highest BCUT2D eigenvalue weighted by atomic mass is 16.5. The summed E-state index contributed by atoms with van der Waals surface area (Å²) in [6, 6.07) is 6.98. The predicted octanol–water partition coefficient (Wildman–Crippen LogP) is 2.38. The van der Waals surface area contributed by atoms with Gasteiger partial charge >= 0.3 is 0 Å². The number of methoxy groups -OCH3 is 1. The van der Waals surface area contributed by atoms with E-state index < -0.39 is 0 Å². The SMILES string of the molecule is COc1ccc(C#CCN)cc1CN(CC1CC1)C1CC1. The minimum absolute atomic E-state index is 0.400. The maximum absolute atomic E-state index is 5.53. The van der Waals surface area contributed by atoms with Crippen LogP contribution in [0.3, 0.4) is 0 Å². The lowest BCUT2D eigenvalue weighted by atomic mass is 10.1. The zero-order valence-corrected chi connectivity index (χ0v) is 12.8. The van der Waals surface area contributed by atoms with Gasteiger partial charge in [-0.05, 0) is 49.8 Å². The summed E-state index contributed by atoms with van der Waals surface area (Å²) in [5.41, 5.74) is 7.73. The molecule has 3 rings (SSSR count). The van der Waals surface area contributed by atoms with Crippen molar-refractivity contribution in [2.75, 3.05) is 20.2 Å². The van der Waals surface area contributed by atoms with Crippen molar-refractivity contribution >= 4 is 0 Å². The lowest BCUT2D eigenvalue weighted by Gasteiger charge is -2.23. The Hall–Kier alpha value is -1.50. The van der Waals surface area contributed by atoms with Crippen LogP contribution in [-0.4, -0.2) is 31.1 Å². The van der Waals surface area contributed by atoms with E-state index in [1.807, 2.05) is 12.1 Å². The smallest absolute Gasteiger partial charge is 0.123 e. The van der Waals surface area contributed by atoms with Crippen LogP contribution in [0.2, 0.25) is 0 Å². The molecule has 0 atom stereocenters. The average Bonchev–Trinajstić information content (AvgIpc) is 3.37. The fourth-order valence-electron chi connectivity index (χ4n) is 2.77. The molecular weight excluding hydrogens is 260 g/mol. The predicted molar refractivity (Wildman–Crippen MR) is 85.1 cm³/mol. The van der Waals surface area contributed by atoms with Crippen molar-refractivity contribution in [3.63, 3.8) is 0 Å². The molecule has 1 aromatic carbocycles. The normalized spacial score (nSPS) is 17.5. The number of hydrogen-bond acceptors (Lipinski definition) is 3.